The molecular formula is C21H26ClN5O. The van der Waals surface area contributed by atoms with Crippen molar-refractivity contribution in [1.82, 2.24) is 25.4 Å². The van der Waals surface area contributed by atoms with Crippen molar-refractivity contribution in [2.75, 3.05) is 19.6 Å². The van der Waals surface area contributed by atoms with E-state index >= 15 is 0 Å². The Kier molecular flexibility index (Phi) is 5.17. The molecule has 1 aromatic carbocycles. The summed E-state index contributed by atoms with van der Waals surface area (Å²) in [6, 6.07) is 8.52. The zero-order chi connectivity index (χ0) is 18.4. The fourth-order valence-electron chi connectivity index (χ4n) is 4.75. The molecule has 1 amide bonds. The van der Waals surface area contributed by atoms with Crippen molar-refractivity contribution in [3.05, 3.63) is 52.5 Å². The van der Waals surface area contributed by atoms with Gasteiger partial charge in [0.15, 0.2) is 5.69 Å². The van der Waals surface area contributed by atoms with E-state index in [9.17, 15) is 4.79 Å². The summed E-state index contributed by atoms with van der Waals surface area (Å²) in [6.45, 7) is 5.42. The van der Waals surface area contributed by atoms with Crippen LogP contribution in [0, 0.1) is 6.92 Å². The number of aryl methyl sites for hydroxylation is 1. The van der Waals surface area contributed by atoms with Gasteiger partial charge in [0.05, 0.1) is 0 Å². The third-order valence-corrected chi connectivity index (χ3v) is 6.14. The number of aromatic amines is 2. The largest absolute Gasteiger partial charge is 0.358 e. The topological polar surface area (TPSA) is 76.8 Å². The van der Waals surface area contributed by atoms with Crippen molar-refractivity contribution in [1.29, 1.82) is 0 Å². The second kappa shape index (κ2) is 7.60. The number of rotatable bonds is 2. The molecule has 0 aliphatic carbocycles. The van der Waals surface area contributed by atoms with Crippen molar-refractivity contribution in [2.45, 2.75) is 38.6 Å². The quantitative estimate of drug-likeness (QED) is 0.618. The molecule has 3 aromatic rings. The summed E-state index contributed by atoms with van der Waals surface area (Å²) >= 11 is 0. The Labute approximate surface area is 170 Å². The fourth-order valence-corrected chi connectivity index (χ4v) is 4.75. The van der Waals surface area contributed by atoms with Crippen molar-refractivity contribution in [2.24, 2.45) is 0 Å². The van der Waals surface area contributed by atoms with Crippen LogP contribution in [0.25, 0.3) is 10.9 Å². The average Bonchev–Trinajstić information content (AvgIpc) is 3.28. The van der Waals surface area contributed by atoms with E-state index in [2.05, 4.69) is 51.7 Å². The van der Waals surface area contributed by atoms with Gasteiger partial charge in [0.25, 0.3) is 5.91 Å². The van der Waals surface area contributed by atoms with Crippen molar-refractivity contribution >= 4 is 29.2 Å². The number of carbonyl (C=O) groups is 1. The summed E-state index contributed by atoms with van der Waals surface area (Å²) in [5.74, 6) is 0.574. The normalized spacial score (nSPS) is 17.4. The molecular weight excluding hydrogens is 374 g/mol. The molecule has 2 aliphatic heterocycles. The van der Waals surface area contributed by atoms with Crippen LogP contribution in [0.15, 0.2) is 24.3 Å². The number of benzene rings is 1. The molecule has 2 aromatic heterocycles. The number of hydrogen-bond donors (Lipinski definition) is 3. The van der Waals surface area contributed by atoms with Gasteiger partial charge in [-0.25, -0.2) is 0 Å². The Morgan fingerprint density at radius 3 is 2.82 bits per heavy atom. The minimum absolute atomic E-state index is 0. The first-order chi connectivity index (χ1) is 13.2. The van der Waals surface area contributed by atoms with Gasteiger partial charge in [-0.05, 0) is 37.3 Å². The van der Waals surface area contributed by atoms with E-state index in [1.165, 1.54) is 22.2 Å². The molecule has 1 fully saturated rings. The molecule has 4 heterocycles. The van der Waals surface area contributed by atoms with Gasteiger partial charge in [-0.15, -0.1) is 12.4 Å². The van der Waals surface area contributed by atoms with Gasteiger partial charge in [0, 0.05) is 60.5 Å². The van der Waals surface area contributed by atoms with Crippen LogP contribution in [-0.4, -0.2) is 45.6 Å². The van der Waals surface area contributed by atoms with E-state index in [4.69, 9.17) is 0 Å². The van der Waals surface area contributed by atoms with Gasteiger partial charge >= 0.3 is 0 Å². The van der Waals surface area contributed by atoms with Crippen LogP contribution < -0.4 is 5.32 Å². The lowest BCUT2D eigenvalue weighted by Crippen LogP contribution is -2.39. The molecule has 1 saturated heterocycles. The number of para-hydroxylation sites is 1. The number of nitrogens with zero attached hydrogens (tertiary/aromatic N) is 2. The highest BCUT2D eigenvalue weighted by Gasteiger charge is 2.30. The molecule has 2 aliphatic rings. The van der Waals surface area contributed by atoms with Crippen molar-refractivity contribution in [3.8, 4) is 0 Å². The standard InChI is InChI=1S/C21H25N5O.ClH/c1-13-19(15-4-2-3-5-17(15)23-13)14-7-10-26(11-8-14)21(27)20-16-12-22-9-6-18(16)24-25-20;/h2-5,14,22-23H,6-12H2,1H3,(H,24,25);1H. The van der Waals surface area contributed by atoms with Gasteiger partial charge in [-0.3, -0.25) is 9.89 Å². The number of halogens is 1. The summed E-state index contributed by atoms with van der Waals surface area (Å²) in [5.41, 5.74) is 6.67. The molecule has 0 saturated carbocycles. The molecule has 0 bridgehead atoms. The van der Waals surface area contributed by atoms with Gasteiger partial charge in [-0.1, -0.05) is 18.2 Å². The predicted molar refractivity (Wildman–Crippen MR) is 112 cm³/mol. The highest BCUT2D eigenvalue weighted by molar-refractivity contribution is 5.94. The van der Waals surface area contributed by atoms with E-state index < -0.39 is 0 Å². The number of hydrogen-bond acceptors (Lipinski definition) is 3. The van der Waals surface area contributed by atoms with Gasteiger partial charge in [0.2, 0.25) is 0 Å². The van der Waals surface area contributed by atoms with Gasteiger partial charge in [-0.2, -0.15) is 5.10 Å². The summed E-state index contributed by atoms with van der Waals surface area (Å²) in [7, 11) is 0. The summed E-state index contributed by atoms with van der Waals surface area (Å²) < 4.78 is 0. The third kappa shape index (κ3) is 3.10. The monoisotopic (exact) mass is 399 g/mol. The number of likely N-dealkylation sites (tertiary alicyclic amines) is 1. The summed E-state index contributed by atoms with van der Waals surface area (Å²) in [6.07, 6.45) is 2.91. The maximum atomic E-state index is 13.0. The number of piperidine rings is 1. The van der Waals surface area contributed by atoms with Crippen LogP contribution in [0.3, 0.4) is 0 Å². The Hall–Kier alpha value is -2.31. The first kappa shape index (κ1) is 19.0. The Bertz CT molecular complexity index is 1000. The van der Waals surface area contributed by atoms with E-state index in [1.54, 1.807) is 0 Å². The first-order valence-electron chi connectivity index (χ1n) is 9.85. The van der Waals surface area contributed by atoms with Crippen LogP contribution in [0.1, 0.15) is 51.8 Å². The molecule has 0 radical (unpaired) electrons. The second-order valence-corrected chi connectivity index (χ2v) is 7.73. The lowest BCUT2D eigenvalue weighted by molar-refractivity contribution is 0.0706. The molecule has 5 rings (SSSR count). The molecule has 148 valence electrons. The zero-order valence-corrected chi connectivity index (χ0v) is 16.9. The van der Waals surface area contributed by atoms with E-state index in [0.717, 1.165) is 56.7 Å². The molecule has 3 N–H and O–H groups in total. The molecule has 7 heteroatoms. The van der Waals surface area contributed by atoms with Crippen LogP contribution in [0.2, 0.25) is 0 Å². The minimum atomic E-state index is 0. The maximum Gasteiger partial charge on any atom is 0.274 e. The smallest absolute Gasteiger partial charge is 0.274 e. The first-order valence-corrected chi connectivity index (χ1v) is 9.85. The van der Waals surface area contributed by atoms with Crippen LogP contribution in [0.5, 0.6) is 0 Å². The number of fused-ring (bicyclic) bond motifs is 2. The van der Waals surface area contributed by atoms with Crippen molar-refractivity contribution in [3.63, 3.8) is 0 Å². The zero-order valence-electron chi connectivity index (χ0n) is 16.0. The Morgan fingerprint density at radius 1 is 1.21 bits per heavy atom. The van der Waals surface area contributed by atoms with Crippen LogP contribution in [0.4, 0.5) is 0 Å². The number of nitrogens with one attached hydrogen (secondary N) is 3. The number of H-pyrrole nitrogens is 2. The average molecular weight is 400 g/mol. The number of amides is 1. The molecule has 6 nitrogen and oxygen atoms in total. The third-order valence-electron chi connectivity index (χ3n) is 6.14. The highest BCUT2D eigenvalue weighted by atomic mass is 35.5. The van der Waals surface area contributed by atoms with Crippen LogP contribution >= 0.6 is 12.4 Å². The number of carbonyl (C=O) groups excluding carboxylic acids is 1. The predicted octanol–water partition coefficient (Wildman–Crippen LogP) is 3.29. The fraction of sp³-hybridized carbons (Fsp3) is 0.429. The molecule has 0 spiro atoms. The van der Waals surface area contributed by atoms with E-state index in [0.29, 0.717) is 11.6 Å². The molecule has 0 unspecified atom stereocenters. The Morgan fingerprint density at radius 2 is 2.00 bits per heavy atom. The van der Waals surface area contributed by atoms with Gasteiger partial charge < -0.3 is 15.2 Å². The van der Waals surface area contributed by atoms with Gasteiger partial charge in [0.1, 0.15) is 0 Å². The summed E-state index contributed by atoms with van der Waals surface area (Å²) in [5, 5.41) is 12.1. The highest BCUT2D eigenvalue weighted by Crippen LogP contribution is 2.36. The summed E-state index contributed by atoms with van der Waals surface area (Å²) in [4.78, 5) is 18.5. The Balaban J connectivity index is 0.00000192. The molecule has 28 heavy (non-hydrogen) atoms. The minimum Gasteiger partial charge on any atom is -0.358 e. The second-order valence-electron chi connectivity index (χ2n) is 7.73. The maximum absolute atomic E-state index is 13.0. The SMILES string of the molecule is Cc1[nH]c2ccccc2c1C1CCN(C(=O)c2n[nH]c3c2CNCC3)CC1.Cl. The van der Waals surface area contributed by atoms with E-state index in [-0.39, 0.29) is 18.3 Å². The lowest BCUT2D eigenvalue weighted by Gasteiger charge is -2.32. The molecule has 0 atom stereocenters. The van der Waals surface area contributed by atoms with Crippen LogP contribution in [-0.2, 0) is 13.0 Å². The van der Waals surface area contributed by atoms with E-state index in [1.807, 2.05) is 4.90 Å². The number of aromatic nitrogens is 3. The lowest BCUT2D eigenvalue weighted by atomic mass is 9.87. The van der Waals surface area contributed by atoms with Crippen molar-refractivity contribution < 1.29 is 4.79 Å².